The van der Waals surface area contributed by atoms with Gasteiger partial charge in [-0.2, -0.15) is 8.42 Å². The first kappa shape index (κ1) is 23.0. The lowest BCUT2D eigenvalue weighted by atomic mass is 10.2. The third-order valence-corrected chi connectivity index (χ3v) is 10.4. The van der Waals surface area contributed by atoms with Crippen LogP contribution < -0.4 is 0 Å². The number of rotatable bonds is 10. The summed E-state index contributed by atoms with van der Waals surface area (Å²) in [5.41, 5.74) is 0.985. The molecule has 5 nitrogen and oxygen atoms in total. The summed E-state index contributed by atoms with van der Waals surface area (Å²) < 4.78 is 41.7. The summed E-state index contributed by atoms with van der Waals surface area (Å²) in [5, 5.41) is 0.0603. The first-order valence-electron chi connectivity index (χ1n) is 8.71. The lowest BCUT2D eigenvalue weighted by Crippen LogP contribution is -2.43. The first-order valence-corrected chi connectivity index (χ1v) is 13.0. The highest BCUT2D eigenvalue weighted by atomic mass is 32.2. The second-order valence-corrected chi connectivity index (χ2v) is 14.3. The molecule has 1 aromatic carbocycles. The van der Waals surface area contributed by atoms with Crippen LogP contribution in [0.15, 0.2) is 41.8 Å². The van der Waals surface area contributed by atoms with E-state index >= 15 is 0 Å². The Morgan fingerprint density at radius 1 is 1.15 bits per heavy atom. The molecule has 0 aliphatic rings. The van der Waals surface area contributed by atoms with E-state index in [1.165, 1.54) is 12.1 Å². The van der Waals surface area contributed by atoms with Gasteiger partial charge in [-0.25, -0.2) is 0 Å². The van der Waals surface area contributed by atoms with Gasteiger partial charge >= 0.3 is 0 Å². The Morgan fingerprint density at radius 2 is 1.73 bits per heavy atom. The molecular weight excluding hydrogens is 368 g/mol. The Balaban J connectivity index is 2.75. The fraction of sp³-hybridized carbons (Fsp3) is 0.579. The minimum absolute atomic E-state index is 0.0603. The van der Waals surface area contributed by atoms with Crippen LogP contribution in [0, 0.1) is 6.92 Å². The zero-order valence-corrected chi connectivity index (χ0v) is 18.6. The highest BCUT2D eigenvalue weighted by Crippen LogP contribution is 2.36. The highest BCUT2D eigenvalue weighted by molar-refractivity contribution is 7.86. The van der Waals surface area contributed by atoms with E-state index in [2.05, 4.69) is 40.4 Å². The maximum absolute atomic E-state index is 12.4. The quantitative estimate of drug-likeness (QED) is 0.333. The Hall–Kier alpha value is -0.993. The lowest BCUT2D eigenvalue weighted by Gasteiger charge is -2.37. The van der Waals surface area contributed by atoms with Crippen molar-refractivity contribution in [2.45, 2.75) is 56.8 Å². The molecule has 7 heteroatoms. The van der Waals surface area contributed by atoms with E-state index in [4.69, 9.17) is 13.3 Å². The molecule has 0 aromatic heterocycles. The van der Waals surface area contributed by atoms with Crippen LogP contribution in [0.2, 0.25) is 18.1 Å². The Bertz CT molecular complexity index is 675. The molecule has 0 bridgehead atoms. The topological polar surface area (TPSA) is 61.8 Å². The van der Waals surface area contributed by atoms with E-state index in [-0.39, 0.29) is 23.1 Å². The van der Waals surface area contributed by atoms with Crippen LogP contribution in [0.3, 0.4) is 0 Å². The van der Waals surface area contributed by atoms with Gasteiger partial charge in [-0.05, 0) is 37.2 Å². The summed E-state index contributed by atoms with van der Waals surface area (Å²) in [6, 6.07) is 6.55. The van der Waals surface area contributed by atoms with Gasteiger partial charge in [0.15, 0.2) is 8.32 Å². The van der Waals surface area contributed by atoms with Gasteiger partial charge in [0.05, 0.1) is 24.7 Å². The Labute approximate surface area is 159 Å². The van der Waals surface area contributed by atoms with Crippen LogP contribution in [-0.4, -0.2) is 42.7 Å². The lowest BCUT2D eigenvalue weighted by molar-refractivity contribution is 0.00419. The van der Waals surface area contributed by atoms with Crippen LogP contribution in [0.25, 0.3) is 0 Å². The van der Waals surface area contributed by atoms with Gasteiger partial charge in [-0.3, -0.25) is 4.18 Å². The van der Waals surface area contributed by atoms with Crippen molar-refractivity contribution in [3.8, 4) is 0 Å². The van der Waals surface area contributed by atoms with Gasteiger partial charge in [0.1, 0.15) is 6.10 Å². The molecule has 1 aromatic rings. The Kier molecular flexibility index (Phi) is 8.22. The molecule has 0 amide bonds. The van der Waals surface area contributed by atoms with E-state index in [1.807, 2.05) is 6.92 Å². The van der Waals surface area contributed by atoms with E-state index in [0.717, 1.165) is 5.56 Å². The van der Waals surface area contributed by atoms with Crippen LogP contribution in [0.4, 0.5) is 0 Å². The zero-order valence-electron chi connectivity index (χ0n) is 16.7. The number of aryl methyl sites for hydroxylation is 1. The van der Waals surface area contributed by atoms with Crippen LogP contribution in [0.5, 0.6) is 0 Å². The van der Waals surface area contributed by atoms with E-state index < -0.39 is 24.5 Å². The highest BCUT2D eigenvalue weighted by Gasteiger charge is 2.37. The third kappa shape index (κ3) is 6.96. The molecule has 26 heavy (non-hydrogen) atoms. The fourth-order valence-corrected chi connectivity index (χ4v) is 3.78. The molecule has 0 saturated carbocycles. The minimum Gasteiger partial charge on any atom is -0.414 e. The van der Waals surface area contributed by atoms with Crippen molar-refractivity contribution in [3.05, 3.63) is 42.5 Å². The van der Waals surface area contributed by atoms with Gasteiger partial charge in [-0.15, -0.1) is 6.58 Å². The molecule has 1 rings (SSSR count). The van der Waals surface area contributed by atoms with E-state index in [0.29, 0.717) is 6.61 Å². The second-order valence-electron chi connectivity index (χ2n) is 7.87. The van der Waals surface area contributed by atoms with E-state index in [1.54, 1.807) is 18.2 Å². The molecule has 0 fully saturated rings. The Morgan fingerprint density at radius 3 is 2.23 bits per heavy atom. The molecule has 0 spiro atoms. The smallest absolute Gasteiger partial charge is 0.297 e. The van der Waals surface area contributed by atoms with Crippen molar-refractivity contribution in [3.63, 3.8) is 0 Å². The predicted molar refractivity (Wildman–Crippen MR) is 107 cm³/mol. The summed E-state index contributed by atoms with van der Waals surface area (Å²) in [4.78, 5) is 0.135. The van der Waals surface area contributed by atoms with Gasteiger partial charge in [0, 0.05) is 0 Å². The fourth-order valence-electron chi connectivity index (χ4n) is 1.80. The van der Waals surface area contributed by atoms with Crippen molar-refractivity contribution in [2.75, 3.05) is 19.8 Å². The molecule has 0 aliphatic heterocycles. The standard InChI is InChI=1S/C19H32O5SSi/c1-8-13-22-17(15-24-26(6,7)19(3,4)5)14-23-25(20,21)18-11-9-16(2)10-12-18/h8-12,17H,1,13-15H2,2-7H3/t17-/m1/s1. The average Bonchev–Trinajstić information content (AvgIpc) is 2.53. The van der Waals surface area contributed by atoms with Crippen LogP contribution in [0.1, 0.15) is 26.3 Å². The van der Waals surface area contributed by atoms with Gasteiger partial charge in [0.2, 0.25) is 0 Å². The maximum atomic E-state index is 12.4. The summed E-state index contributed by atoms with van der Waals surface area (Å²) in [6.07, 6.45) is 1.13. The molecule has 0 radical (unpaired) electrons. The van der Waals surface area contributed by atoms with Crippen molar-refractivity contribution in [1.29, 1.82) is 0 Å². The average molecular weight is 401 g/mol. The minimum atomic E-state index is -3.83. The third-order valence-electron chi connectivity index (χ3n) is 4.60. The van der Waals surface area contributed by atoms with Crippen molar-refractivity contribution in [1.82, 2.24) is 0 Å². The largest absolute Gasteiger partial charge is 0.414 e. The van der Waals surface area contributed by atoms with Crippen molar-refractivity contribution >= 4 is 18.4 Å². The molecule has 0 heterocycles. The van der Waals surface area contributed by atoms with Crippen LogP contribution in [-0.2, 0) is 23.5 Å². The van der Waals surface area contributed by atoms with E-state index in [9.17, 15) is 8.42 Å². The molecular formula is C19H32O5SSi. The molecule has 0 N–H and O–H groups in total. The number of hydrogen-bond acceptors (Lipinski definition) is 5. The maximum Gasteiger partial charge on any atom is 0.297 e. The molecule has 0 unspecified atom stereocenters. The SMILES string of the molecule is C=CCO[C@@H](CO[Si](C)(C)C(C)(C)C)COS(=O)(=O)c1ccc(C)cc1. The normalized spacial score (nSPS) is 14.2. The van der Waals surface area contributed by atoms with Gasteiger partial charge in [0.25, 0.3) is 10.1 Å². The molecule has 148 valence electrons. The monoisotopic (exact) mass is 400 g/mol. The van der Waals surface area contributed by atoms with Crippen molar-refractivity contribution < 1.29 is 21.8 Å². The summed E-state index contributed by atoms with van der Waals surface area (Å²) in [5.74, 6) is 0. The molecule has 0 aliphatic carbocycles. The van der Waals surface area contributed by atoms with Crippen molar-refractivity contribution in [2.24, 2.45) is 0 Å². The predicted octanol–water partition coefficient (Wildman–Crippen LogP) is 4.29. The number of hydrogen-bond donors (Lipinski definition) is 0. The van der Waals surface area contributed by atoms with Gasteiger partial charge < -0.3 is 9.16 Å². The van der Waals surface area contributed by atoms with Crippen LogP contribution >= 0.6 is 0 Å². The number of ether oxygens (including phenoxy) is 1. The second kappa shape index (κ2) is 9.28. The summed E-state index contributed by atoms with van der Waals surface area (Å²) in [7, 11) is -5.79. The summed E-state index contributed by atoms with van der Waals surface area (Å²) >= 11 is 0. The number of benzene rings is 1. The molecule has 1 atom stereocenters. The first-order chi connectivity index (χ1) is 11.9. The molecule has 0 saturated heterocycles. The summed E-state index contributed by atoms with van der Waals surface area (Å²) in [6.45, 7) is 16.7. The van der Waals surface area contributed by atoms with Gasteiger partial charge in [-0.1, -0.05) is 44.5 Å². The zero-order chi connectivity index (χ0) is 20.0.